The van der Waals surface area contributed by atoms with Crippen LogP contribution in [0.15, 0.2) is 54.6 Å². The number of carbonyl (C=O) groups is 2. The molecule has 5 nitrogen and oxygen atoms in total. The second kappa shape index (κ2) is 7.92. The molecule has 3 amide bonds. The summed E-state index contributed by atoms with van der Waals surface area (Å²) >= 11 is 0. The molecule has 2 rings (SSSR count). The van der Waals surface area contributed by atoms with Gasteiger partial charge in [-0.1, -0.05) is 24.3 Å². The molecule has 0 heterocycles. The molecule has 0 fully saturated rings. The van der Waals surface area contributed by atoms with Gasteiger partial charge in [-0.15, -0.1) is 0 Å². The number of anilines is 1. The number of primary amides is 1. The zero-order chi connectivity index (χ0) is 17.5. The van der Waals surface area contributed by atoms with E-state index >= 15 is 0 Å². The van der Waals surface area contributed by atoms with Gasteiger partial charge in [0, 0.05) is 11.8 Å². The van der Waals surface area contributed by atoms with Gasteiger partial charge >= 0.3 is 6.03 Å². The summed E-state index contributed by atoms with van der Waals surface area (Å²) in [4.78, 5) is 22.7. The molecular weight excluding hydrogens is 309 g/mol. The zero-order valence-corrected chi connectivity index (χ0v) is 13.1. The molecule has 24 heavy (non-hydrogen) atoms. The molecule has 1 atom stereocenters. The smallest absolute Gasteiger partial charge is 0.316 e. The molecule has 0 aliphatic heterocycles. The lowest BCUT2D eigenvalue weighted by Crippen LogP contribution is -2.24. The van der Waals surface area contributed by atoms with Gasteiger partial charge in [-0.2, -0.15) is 0 Å². The molecular formula is C18H18FN3O2. The van der Waals surface area contributed by atoms with Crippen molar-refractivity contribution in [1.82, 2.24) is 5.32 Å². The molecule has 0 saturated heterocycles. The van der Waals surface area contributed by atoms with Crippen LogP contribution in [0.4, 0.5) is 14.9 Å². The highest BCUT2D eigenvalue weighted by molar-refractivity contribution is 5.92. The minimum Gasteiger partial charge on any atom is -0.351 e. The summed E-state index contributed by atoms with van der Waals surface area (Å²) < 4.78 is 12.8. The van der Waals surface area contributed by atoms with Gasteiger partial charge in [0.1, 0.15) is 5.82 Å². The number of rotatable bonds is 5. The van der Waals surface area contributed by atoms with Gasteiger partial charge in [-0.3, -0.25) is 4.79 Å². The molecule has 2 aromatic carbocycles. The van der Waals surface area contributed by atoms with Crippen molar-refractivity contribution in [1.29, 1.82) is 0 Å². The molecule has 0 aromatic heterocycles. The summed E-state index contributed by atoms with van der Waals surface area (Å²) in [5.74, 6) is -0.578. The number of hydrogen-bond acceptors (Lipinski definition) is 2. The van der Waals surface area contributed by atoms with Gasteiger partial charge in [0.25, 0.3) is 0 Å². The Balaban J connectivity index is 1.93. The Morgan fingerprint density at radius 2 is 1.71 bits per heavy atom. The summed E-state index contributed by atoms with van der Waals surface area (Å²) in [7, 11) is 0. The van der Waals surface area contributed by atoms with Crippen molar-refractivity contribution >= 4 is 23.7 Å². The molecule has 0 radical (unpaired) electrons. The van der Waals surface area contributed by atoms with Crippen molar-refractivity contribution < 1.29 is 14.0 Å². The van der Waals surface area contributed by atoms with Crippen LogP contribution in [0.25, 0.3) is 6.08 Å². The average molecular weight is 327 g/mol. The van der Waals surface area contributed by atoms with Gasteiger partial charge in [-0.05, 0) is 48.4 Å². The Kier molecular flexibility index (Phi) is 5.68. The minimum atomic E-state index is -0.630. The van der Waals surface area contributed by atoms with Crippen LogP contribution in [0.5, 0.6) is 0 Å². The monoisotopic (exact) mass is 327 g/mol. The van der Waals surface area contributed by atoms with E-state index < -0.39 is 6.03 Å². The van der Waals surface area contributed by atoms with E-state index in [1.165, 1.54) is 18.2 Å². The van der Waals surface area contributed by atoms with E-state index in [1.807, 2.05) is 6.92 Å². The van der Waals surface area contributed by atoms with E-state index in [9.17, 15) is 14.0 Å². The lowest BCUT2D eigenvalue weighted by molar-refractivity contribution is -0.117. The van der Waals surface area contributed by atoms with Crippen LogP contribution >= 0.6 is 0 Å². The second-order valence-electron chi connectivity index (χ2n) is 5.23. The Hall–Kier alpha value is -3.15. The SMILES string of the molecule is CC(NC(=O)/C=C/c1ccc(F)cc1)c1ccc(NC(N)=O)cc1. The molecule has 1 unspecified atom stereocenters. The van der Waals surface area contributed by atoms with E-state index in [2.05, 4.69) is 10.6 Å². The first-order valence-corrected chi connectivity index (χ1v) is 7.34. The third kappa shape index (κ3) is 5.24. The predicted octanol–water partition coefficient (Wildman–Crippen LogP) is 3.21. The number of nitrogens with two attached hydrogens (primary N) is 1. The van der Waals surface area contributed by atoms with Crippen molar-refractivity contribution in [3.05, 3.63) is 71.6 Å². The van der Waals surface area contributed by atoms with E-state index in [1.54, 1.807) is 42.5 Å². The molecule has 6 heteroatoms. The maximum absolute atomic E-state index is 12.8. The van der Waals surface area contributed by atoms with Crippen LogP contribution < -0.4 is 16.4 Å². The molecule has 0 bridgehead atoms. The highest BCUT2D eigenvalue weighted by atomic mass is 19.1. The topological polar surface area (TPSA) is 84.2 Å². The van der Waals surface area contributed by atoms with Gasteiger partial charge < -0.3 is 16.4 Å². The Bertz CT molecular complexity index is 740. The summed E-state index contributed by atoms with van der Waals surface area (Å²) in [5.41, 5.74) is 7.25. The van der Waals surface area contributed by atoms with Crippen LogP contribution in [0.1, 0.15) is 24.1 Å². The first-order valence-electron chi connectivity index (χ1n) is 7.34. The third-order valence-corrected chi connectivity index (χ3v) is 3.33. The maximum Gasteiger partial charge on any atom is 0.316 e. The van der Waals surface area contributed by atoms with Crippen LogP contribution in [0.2, 0.25) is 0 Å². The third-order valence-electron chi connectivity index (χ3n) is 3.33. The fourth-order valence-electron chi connectivity index (χ4n) is 2.09. The fourth-order valence-corrected chi connectivity index (χ4v) is 2.09. The molecule has 0 aliphatic rings. The summed E-state index contributed by atoms with van der Waals surface area (Å²) in [6.45, 7) is 1.85. The highest BCUT2D eigenvalue weighted by Crippen LogP contribution is 2.16. The van der Waals surface area contributed by atoms with Crippen LogP contribution in [-0.4, -0.2) is 11.9 Å². The number of amides is 3. The van der Waals surface area contributed by atoms with Crippen molar-refractivity contribution in [2.45, 2.75) is 13.0 Å². The van der Waals surface area contributed by atoms with Crippen LogP contribution in [-0.2, 0) is 4.79 Å². The molecule has 0 aliphatic carbocycles. The van der Waals surface area contributed by atoms with Crippen LogP contribution in [0.3, 0.4) is 0 Å². The number of halogens is 1. The lowest BCUT2D eigenvalue weighted by Gasteiger charge is -2.13. The molecule has 4 N–H and O–H groups in total. The largest absolute Gasteiger partial charge is 0.351 e. The Morgan fingerprint density at radius 1 is 1.08 bits per heavy atom. The fraction of sp³-hybridized carbons (Fsp3) is 0.111. The van der Waals surface area contributed by atoms with Gasteiger partial charge in [0.05, 0.1) is 6.04 Å². The molecule has 124 valence electrons. The van der Waals surface area contributed by atoms with Crippen molar-refractivity contribution in [2.75, 3.05) is 5.32 Å². The Labute approximate surface area is 139 Å². The minimum absolute atomic E-state index is 0.210. The summed E-state index contributed by atoms with van der Waals surface area (Å²) in [6.07, 6.45) is 3.01. The highest BCUT2D eigenvalue weighted by Gasteiger charge is 2.07. The first-order chi connectivity index (χ1) is 11.4. The molecule has 0 saturated carbocycles. The van der Waals surface area contributed by atoms with Gasteiger partial charge in [0.2, 0.25) is 5.91 Å². The Morgan fingerprint density at radius 3 is 2.29 bits per heavy atom. The standard InChI is InChI=1S/C18H18FN3O2/c1-12(14-5-9-16(10-6-14)22-18(20)24)21-17(23)11-4-13-2-7-15(19)8-3-13/h2-12H,1H3,(H,21,23)(H3,20,22,24)/b11-4+. The lowest BCUT2D eigenvalue weighted by atomic mass is 10.1. The number of hydrogen-bond donors (Lipinski definition) is 3. The second-order valence-corrected chi connectivity index (χ2v) is 5.23. The maximum atomic E-state index is 12.8. The van der Waals surface area contributed by atoms with Crippen molar-refractivity contribution in [2.24, 2.45) is 5.73 Å². The first kappa shape index (κ1) is 17.2. The number of urea groups is 1. The average Bonchev–Trinajstić information content (AvgIpc) is 2.54. The van der Waals surface area contributed by atoms with Crippen LogP contribution in [0, 0.1) is 5.82 Å². The number of nitrogens with one attached hydrogen (secondary N) is 2. The van der Waals surface area contributed by atoms with Gasteiger partial charge in [-0.25, -0.2) is 9.18 Å². The van der Waals surface area contributed by atoms with Crippen molar-refractivity contribution in [3.8, 4) is 0 Å². The normalized spacial score (nSPS) is 11.9. The van der Waals surface area contributed by atoms with E-state index in [0.29, 0.717) is 5.69 Å². The van der Waals surface area contributed by atoms with E-state index in [-0.39, 0.29) is 17.8 Å². The predicted molar refractivity (Wildman–Crippen MR) is 91.6 cm³/mol. The zero-order valence-electron chi connectivity index (χ0n) is 13.1. The van der Waals surface area contributed by atoms with Crippen molar-refractivity contribution in [3.63, 3.8) is 0 Å². The quantitative estimate of drug-likeness (QED) is 0.737. The number of carbonyl (C=O) groups excluding carboxylic acids is 2. The van der Waals surface area contributed by atoms with E-state index in [0.717, 1.165) is 11.1 Å². The molecule has 0 spiro atoms. The number of benzene rings is 2. The summed E-state index contributed by atoms with van der Waals surface area (Å²) in [6, 6.07) is 12.0. The van der Waals surface area contributed by atoms with Gasteiger partial charge in [0.15, 0.2) is 0 Å². The van der Waals surface area contributed by atoms with E-state index in [4.69, 9.17) is 5.73 Å². The summed E-state index contributed by atoms with van der Waals surface area (Å²) in [5, 5.41) is 5.29. The molecule has 2 aromatic rings.